The first-order chi connectivity index (χ1) is 5.45. The van der Waals surface area contributed by atoms with E-state index in [1.54, 1.807) is 0 Å². The topological polar surface area (TPSA) is 52.5 Å². The lowest BCUT2D eigenvalue weighted by molar-refractivity contribution is 0.123. The molecule has 0 aliphatic heterocycles. The molecule has 0 radical (unpaired) electrons. The second-order valence-corrected chi connectivity index (χ2v) is 4.13. The Morgan fingerprint density at radius 1 is 1.25 bits per heavy atom. The Kier molecular flexibility index (Phi) is 5.46. The molecular formula is C9H21NO2. The first-order valence-corrected chi connectivity index (χ1v) is 4.49. The molecular weight excluding hydrogens is 154 g/mol. The highest BCUT2D eigenvalue weighted by atomic mass is 16.3. The van der Waals surface area contributed by atoms with Crippen molar-refractivity contribution in [3.63, 3.8) is 0 Å². The Bertz CT molecular complexity index is 110. The lowest BCUT2D eigenvalue weighted by atomic mass is 10.1. The van der Waals surface area contributed by atoms with E-state index in [9.17, 15) is 5.11 Å². The van der Waals surface area contributed by atoms with Gasteiger partial charge >= 0.3 is 0 Å². The summed E-state index contributed by atoms with van der Waals surface area (Å²) < 4.78 is 0. The van der Waals surface area contributed by atoms with Crippen molar-refractivity contribution in [2.45, 2.75) is 45.3 Å². The molecule has 0 aromatic heterocycles. The molecule has 12 heavy (non-hydrogen) atoms. The Hall–Kier alpha value is -0.120. The van der Waals surface area contributed by atoms with Crippen LogP contribution in [0.15, 0.2) is 0 Å². The van der Waals surface area contributed by atoms with Crippen LogP contribution in [-0.2, 0) is 0 Å². The zero-order valence-corrected chi connectivity index (χ0v) is 8.30. The van der Waals surface area contributed by atoms with E-state index in [1.165, 1.54) is 0 Å². The standard InChI is InChI=1S/C9H21NO2/c1-9(2,3)10-6-4-8(12)5-7-11/h8,10-12H,4-7H2,1-3H3. The predicted molar refractivity (Wildman–Crippen MR) is 50.1 cm³/mol. The van der Waals surface area contributed by atoms with Gasteiger partial charge in [-0.1, -0.05) is 0 Å². The number of hydrogen-bond donors (Lipinski definition) is 3. The van der Waals surface area contributed by atoms with Gasteiger partial charge in [0.2, 0.25) is 0 Å². The number of nitrogens with one attached hydrogen (secondary N) is 1. The lowest BCUT2D eigenvalue weighted by Crippen LogP contribution is -2.37. The number of aliphatic hydroxyl groups is 2. The van der Waals surface area contributed by atoms with Gasteiger partial charge in [0.25, 0.3) is 0 Å². The molecule has 0 saturated carbocycles. The zero-order valence-electron chi connectivity index (χ0n) is 8.30. The maximum Gasteiger partial charge on any atom is 0.0574 e. The van der Waals surface area contributed by atoms with Crippen molar-refractivity contribution in [2.75, 3.05) is 13.2 Å². The molecule has 3 nitrogen and oxygen atoms in total. The molecule has 1 atom stereocenters. The smallest absolute Gasteiger partial charge is 0.0574 e. The van der Waals surface area contributed by atoms with E-state index >= 15 is 0 Å². The van der Waals surface area contributed by atoms with Crippen molar-refractivity contribution < 1.29 is 10.2 Å². The fourth-order valence-electron chi connectivity index (χ4n) is 0.907. The predicted octanol–water partition coefficient (Wildman–Crippen LogP) is 0.508. The number of aliphatic hydroxyl groups excluding tert-OH is 2. The van der Waals surface area contributed by atoms with E-state index in [0.717, 1.165) is 6.54 Å². The van der Waals surface area contributed by atoms with Gasteiger partial charge in [-0.2, -0.15) is 0 Å². The molecule has 3 heteroatoms. The van der Waals surface area contributed by atoms with Gasteiger partial charge < -0.3 is 15.5 Å². The van der Waals surface area contributed by atoms with E-state index < -0.39 is 0 Å². The third kappa shape index (κ3) is 7.98. The van der Waals surface area contributed by atoms with Crippen molar-refractivity contribution in [3.05, 3.63) is 0 Å². The van der Waals surface area contributed by atoms with Crippen molar-refractivity contribution in [1.29, 1.82) is 0 Å². The number of hydrogen-bond acceptors (Lipinski definition) is 3. The summed E-state index contributed by atoms with van der Waals surface area (Å²) in [5.74, 6) is 0. The Balaban J connectivity index is 3.31. The average molecular weight is 175 g/mol. The third-order valence-corrected chi connectivity index (χ3v) is 1.60. The van der Waals surface area contributed by atoms with Crippen LogP contribution >= 0.6 is 0 Å². The Morgan fingerprint density at radius 2 is 1.83 bits per heavy atom. The summed E-state index contributed by atoms with van der Waals surface area (Å²) in [6, 6.07) is 0. The fourth-order valence-corrected chi connectivity index (χ4v) is 0.907. The molecule has 0 spiro atoms. The van der Waals surface area contributed by atoms with Crippen molar-refractivity contribution >= 4 is 0 Å². The van der Waals surface area contributed by atoms with Gasteiger partial charge in [-0.15, -0.1) is 0 Å². The second kappa shape index (κ2) is 5.51. The van der Waals surface area contributed by atoms with Crippen LogP contribution in [0.5, 0.6) is 0 Å². The molecule has 0 fully saturated rings. The minimum atomic E-state index is -0.371. The van der Waals surface area contributed by atoms with Gasteiger partial charge in [0.15, 0.2) is 0 Å². The van der Waals surface area contributed by atoms with Gasteiger partial charge in [0.1, 0.15) is 0 Å². The summed E-state index contributed by atoms with van der Waals surface area (Å²) in [6.07, 6.45) is 0.814. The molecule has 0 amide bonds. The van der Waals surface area contributed by atoms with Crippen LogP contribution in [0.2, 0.25) is 0 Å². The molecule has 0 bridgehead atoms. The van der Waals surface area contributed by atoms with Crippen LogP contribution in [0, 0.1) is 0 Å². The minimum Gasteiger partial charge on any atom is -0.396 e. The van der Waals surface area contributed by atoms with E-state index in [2.05, 4.69) is 26.1 Å². The van der Waals surface area contributed by atoms with Crippen molar-refractivity contribution in [3.8, 4) is 0 Å². The molecule has 0 aliphatic rings. The van der Waals surface area contributed by atoms with Gasteiger partial charge in [0, 0.05) is 12.1 Å². The van der Waals surface area contributed by atoms with Gasteiger partial charge in [0.05, 0.1) is 6.10 Å². The van der Waals surface area contributed by atoms with E-state index in [0.29, 0.717) is 12.8 Å². The highest BCUT2D eigenvalue weighted by Crippen LogP contribution is 2.00. The monoisotopic (exact) mass is 175 g/mol. The quantitative estimate of drug-likeness (QED) is 0.570. The van der Waals surface area contributed by atoms with Crippen molar-refractivity contribution in [1.82, 2.24) is 5.32 Å². The normalized spacial score (nSPS) is 14.8. The minimum absolute atomic E-state index is 0.0662. The molecule has 0 saturated heterocycles. The first kappa shape index (κ1) is 11.9. The third-order valence-electron chi connectivity index (χ3n) is 1.60. The van der Waals surface area contributed by atoms with Crippen LogP contribution in [-0.4, -0.2) is 35.0 Å². The molecule has 0 heterocycles. The lowest BCUT2D eigenvalue weighted by Gasteiger charge is -2.21. The molecule has 0 aromatic carbocycles. The van der Waals surface area contributed by atoms with Gasteiger partial charge in [-0.05, 0) is 40.2 Å². The van der Waals surface area contributed by atoms with Crippen LogP contribution < -0.4 is 5.32 Å². The van der Waals surface area contributed by atoms with E-state index in [-0.39, 0.29) is 18.2 Å². The van der Waals surface area contributed by atoms with Crippen molar-refractivity contribution in [2.24, 2.45) is 0 Å². The van der Waals surface area contributed by atoms with Crippen LogP contribution in [0.3, 0.4) is 0 Å². The molecule has 0 rings (SSSR count). The summed E-state index contributed by atoms with van der Waals surface area (Å²) in [4.78, 5) is 0. The molecule has 3 N–H and O–H groups in total. The summed E-state index contributed by atoms with van der Waals surface area (Å²) in [5, 5.41) is 21.0. The highest BCUT2D eigenvalue weighted by Gasteiger charge is 2.09. The highest BCUT2D eigenvalue weighted by molar-refractivity contribution is 4.70. The zero-order chi connectivity index (χ0) is 9.61. The van der Waals surface area contributed by atoms with E-state index in [1.807, 2.05) is 0 Å². The average Bonchev–Trinajstić information content (AvgIpc) is 1.84. The van der Waals surface area contributed by atoms with E-state index in [4.69, 9.17) is 5.11 Å². The molecule has 1 unspecified atom stereocenters. The maximum atomic E-state index is 9.25. The SMILES string of the molecule is CC(C)(C)NCCC(O)CCO. The largest absolute Gasteiger partial charge is 0.396 e. The fraction of sp³-hybridized carbons (Fsp3) is 1.00. The Morgan fingerprint density at radius 3 is 2.25 bits per heavy atom. The first-order valence-electron chi connectivity index (χ1n) is 4.49. The van der Waals surface area contributed by atoms with Crippen LogP contribution in [0.4, 0.5) is 0 Å². The van der Waals surface area contributed by atoms with Gasteiger partial charge in [-0.3, -0.25) is 0 Å². The second-order valence-electron chi connectivity index (χ2n) is 4.13. The summed E-state index contributed by atoms with van der Waals surface area (Å²) in [7, 11) is 0. The van der Waals surface area contributed by atoms with Crippen LogP contribution in [0.25, 0.3) is 0 Å². The molecule has 0 aliphatic carbocycles. The summed E-state index contributed by atoms with van der Waals surface area (Å²) >= 11 is 0. The maximum absolute atomic E-state index is 9.25. The molecule has 74 valence electrons. The Labute approximate surface area is 74.8 Å². The van der Waals surface area contributed by atoms with Gasteiger partial charge in [-0.25, -0.2) is 0 Å². The summed E-state index contributed by atoms with van der Waals surface area (Å²) in [6.45, 7) is 7.13. The summed E-state index contributed by atoms with van der Waals surface area (Å²) in [5.41, 5.74) is 0.110. The van der Waals surface area contributed by atoms with Crippen LogP contribution in [0.1, 0.15) is 33.6 Å². The molecule has 0 aromatic rings. The number of rotatable bonds is 5.